The van der Waals surface area contributed by atoms with Gasteiger partial charge >= 0.3 is 11.9 Å². The van der Waals surface area contributed by atoms with Crippen LogP contribution in [0.3, 0.4) is 0 Å². The lowest BCUT2D eigenvalue weighted by atomic mass is 9.94. The van der Waals surface area contributed by atoms with Crippen LogP contribution in [-0.4, -0.2) is 210 Å². The molecule has 0 spiro atoms. The Morgan fingerprint density at radius 3 is 1.61 bits per heavy atom. The summed E-state index contributed by atoms with van der Waals surface area (Å²) in [6, 6.07) is -1.75. The molecule has 4 aliphatic heterocycles. The molecule has 4 heterocycles. The first-order valence-corrected chi connectivity index (χ1v) is 14.8. The fourth-order valence-electron chi connectivity index (χ4n) is 5.86. The number of aliphatic hydroxyl groups is 9. The van der Waals surface area contributed by atoms with E-state index in [1.54, 1.807) is 0 Å². The second-order valence-corrected chi connectivity index (χ2v) is 11.7. The molecule has 0 bridgehead atoms. The zero-order chi connectivity index (χ0) is 36.5. The third kappa shape index (κ3) is 8.01. The van der Waals surface area contributed by atoms with Gasteiger partial charge in [-0.1, -0.05) is 0 Å². The van der Waals surface area contributed by atoms with Crippen LogP contribution in [0.25, 0.3) is 0 Å². The summed E-state index contributed by atoms with van der Waals surface area (Å²) in [4.78, 5) is 47.0. The molecule has 0 aromatic carbocycles. The van der Waals surface area contributed by atoms with Crippen LogP contribution in [0.15, 0.2) is 0 Å². The van der Waals surface area contributed by atoms with Crippen molar-refractivity contribution in [2.45, 2.75) is 123 Å². The minimum Gasteiger partial charge on any atom is -0.479 e. The van der Waals surface area contributed by atoms with Crippen LogP contribution in [0.2, 0.25) is 0 Å². The highest BCUT2D eigenvalue weighted by Crippen LogP contribution is 2.34. The van der Waals surface area contributed by atoms with Crippen LogP contribution in [-0.2, 0) is 52.3 Å². The Hall–Kier alpha value is -2.56. The number of carboxylic acid groups (broad SMARTS) is 2. The number of carbonyl (C=O) groups excluding carboxylic acids is 2. The van der Waals surface area contributed by atoms with Gasteiger partial charge in [0.25, 0.3) is 0 Å². The topological polar surface area (TPSA) is 367 Å². The molecule has 0 aromatic heterocycles. The molecule has 49 heavy (non-hydrogen) atoms. The van der Waals surface area contributed by atoms with Gasteiger partial charge in [-0.05, 0) is 0 Å². The minimum absolute atomic E-state index is 0.220. The average molecular weight is 718 g/mol. The number of rotatable bonds is 12. The third-order valence-electron chi connectivity index (χ3n) is 8.38. The van der Waals surface area contributed by atoms with Crippen molar-refractivity contribution in [3.8, 4) is 0 Å². The molecule has 0 unspecified atom stereocenters. The van der Waals surface area contributed by atoms with Crippen molar-refractivity contribution in [1.29, 1.82) is 0 Å². The summed E-state index contributed by atoms with van der Waals surface area (Å²) in [5.74, 6) is -4.39. The first-order valence-electron chi connectivity index (χ1n) is 14.8. The average Bonchev–Trinajstić information content (AvgIpc) is 3.36. The molecular formula is C26H39NO22. The molecule has 4 fully saturated rings. The number of nitrogens with one attached hydrogen (secondary N) is 1. The van der Waals surface area contributed by atoms with E-state index in [1.165, 1.54) is 0 Å². The summed E-state index contributed by atoms with van der Waals surface area (Å²) in [6.07, 6.45) is -34.4. The third-order valence-corrected chi connectivity index (χ3v) is 8.38. The van der Waals surface area contributed by atoms with Crippen LogP contribution in [0.4, 0.5) is 0 Å². The Kier molecular flexibility index (Phi) is 13.0. The lowest BCUT2D eigenvalue weighted by Gasteiger charge is -2.49. The Labute approximate surface area is 275 Å². The predicted octanol–water partition coefficient (Wildman–Crippen LogP) is -8.53. The number of carbonyl (C=O) groups is 4. The highest BCUT2D eigenvalue weighted by Gasteiger charge is 2.57. The summed E-state index contributed by atoms with van der Waals surface area (Å²) in [5, 5.41) is 115. The molecule has 4 saturated heterocycles. The van der Waals surface area contributed by atoms with Crippen LogP contribution < -0.4 is 5.32 Å². The monoisotopic (exact) mass is 717 g/mol. The van der Waals surface area contributed by atoms with E-state index in [-0.39, 0.29) is 6.29 Å². The SMILES string of the molecule is CC(=O)N[C@H]1[C@@H](O[C@H]2[C@H](O)[C@@H](O)[C@H](O[C@H]3[C@H](O)[C@@H](C=O)O[C@@H]3CO)O[C@@H]2C(=O)O)O[C@H](CO)[C@@H](O[C@@H]2O[C@H](C(=O)O)[C@@H](O)[C@H](O)[C@H]2O)[C@@H]1O. The molecule has 4 rings (SSSR count). The highest BCUT2D eigenvalue weighted by molar-refractivity contribution is 5.74. The molecule has 0 aliphatic carbocycles. The number of ether oxygens (including phenoxy) is 7. The summed E-state index contributed by atoms with van der Waals surface area (Å²) in [7, 11) is 0. The van der Waals surface area contributed by atoms with E-state index < -0.39 is 148 Å². The van der Waals surface area contributed by atoms with Gasteiger partial charge in [0.15, 0.2) is 37.4 Å². The zero-order valence-corrected chi connectivity index (χ0v) is 25.4. The van der Waals surface area contributed by atoms with Gasteiger partial charge in [-0.2, -0.15) is 0 Å². The maximum atomic E-state index is 12.2. The molecule has 19 atom stereocenters. The number of hydrogen-bond donors (Lipinski definition) is 12. The van der Waals surface area contributed by atoms with E-state index in [9.17, 15) is 75.3 Å². The molecule has 0 aromatic rings. The van der Waals surface area contributed by atoms with Gasteiger partial charge in [-0.25, -0.2) is 9.59 Å². The van der Waals surface area contributed by atoms with Crippen molar-refractivity contribution in [2.75, 3.05) is 13.2 Å². The van der Waals surface area contributed by atoms with Crippen LogP contribution in [0.5, 0.6) is 0 Å². The van der Waals surface area contributed by atoms with E-state index in [2.05, 4.69) is 5.32 Å². The Morgan fingerprint density at radius 1 is 0.612 bits per heavy atom. The van der Waals surface area contributed by atoms with E-state index in [0.29, 0.717) is 0 Å². The smallest absolute Gasteiger partial charge is 0.335 e. The normalized spacial score (nSPS) is 47.3. The van der Waals surface area contributed by atoms with Gasteiger partial charge in [0.2, 0.25) is 5.91 Å². The Morgan fingerprint density at radius 2 is 1.10 bits per heavy atom. The largest absolute Gasteiger partial charge is 0.479 e. The summed E-state index contributed by atoms with van der Waals surface area (Å²) >= 11 is 0. The second-order valence-electron chi connectivity index (χ2n) is 11.7. The molecule has 0 radical (unpaired) electrons. The van der Waals surface area contributed by atoms with Crippen LogP contribution >= 0.6 is 0 Å². The van der Waals surface area contributed by atoms with Crippen molar-refractivity contribution < 1.29 is 109 Å². The maximum Gasteiger partial charge on any atom is 0.335 e. The number of amides is 1. The highest BCUT2D eigenvalue weighted by atomic mass is 16.8. The summed E-state index contributed by atoms with van der Waals surface area (Å²) in [6.45, 7) is -0.807. The maximum absolute atomic E-state index is 12.2. The molecule has 1 amide bonds. The molecule has 280 valence electrons. The van der Waals surface area contributed by atoms with Gasteiger partial charge in [-0.3, -0.25) is 4.79 Å². The molecule has 23 nitrogen and oxygen atoms in total. The standard InChI is InChI=1S/C26H39NO22/c1-5(31)27-9-11(33)18(46-25-15(37)12(34)13(35)20(48-25)22(39)40)8(4-30)44-24(9)47-19-14(36)16(38)26(49-21(19)23(41)42)45-17-7(3-29)43-6(2-28)10(17)32/h2,6-21,24-26,29-30,32-38H,3-4H2,1H3,(H,27,31)(H,39,40)(H,41,42)/t6-,7-,8-,9-,10-,11-,12+,13+,14-,15-,16-,17-,18-,19+,20+,21+,24-,25-,26-/m1/s1. The van der Waals surface area contributed by atoms with E-state index >= 15 is 0 Å². The number of aldehydes is 1. The predicted molar refractivity (Wildman–Crippen MR) is 144 cm³/mol. The van der Waals surface area contributed by atoms with Gasteiger partial charge in [0.05, 0.1) is 13.2 Å². The van der Waals surface area contributed by atoms with Crippen LogP contribution in [0, 0.1) is 0 Å². The molecule has 4 aliphatic rings. The minimum atomic E-state index is -2.21. The molecule has 23 heteroatoms. The van der Waals surface area contributed by atoms with E-state index in [1.807, 2.05) is 0 Å². The van der Waals surface area contributed by atoms with Crippen molar-refractivity contribution >= 4 is 24.1 Å². The van der Waals surface area contributed by atoms with Crippen molar-refractivity contribution in [2.24, 2.45) is 0 Å². The van der Waals surface area contributed by atoms with Crippen molar-refractivity contribution in [3.05, 3.63) is 0 Å². The zero-order valence-electron chi connectivity index (χ0n) is 25.4. The number of aliphatic hydroxyl groups excluding tert-OH is 9. The fourth-order valence-corrected chi connectivity index (χ4v) is 5.86. The van der Waals surface area contributed by atoms with Crippen molar-refractivity contribution in [3.63, 3.8) is 0 Å². The lowest BCUT2D eigenvalue weighted by molar-refractivity contribution is -0.365. The van der Waals surface area contributed by atoms with Gasteiger partial charge in [-0.15, -0.1) is 0 Å². The number of carboxylic acids is 2. The lowest BCUT2D eigenvalue weighted by Crippen LogP contribution is -2.69. The van der Waals surface area contributed by atoms with Gasteiger partial charge < -0.3 is 99.4 Å². The first-order chi connectivity index (χ1) is 23.1. The second kappa shape index (κ2) is 16.2. The van der Waals surface area contributed by atoms with Gasteiger partial charge in [0, 0.05) is 6.92 Å². The molecular weight excluding hydrogens is 678 g/mol. The van der Waals surface area contributed by atoms with Gasteiger partial charge in [0.1, 0.15) is 85.4 Å². The van der Waals surface area contributed by atoms with Crippen LogP contribution in [0.1, 0.15) is 6.92 Å². The number of aliphatic carboxylic acids is 2. The number of hydrogen-bond acceptors (Lipinski definition) is 20. The summed E-state index contributed by atoms with van der Waals surface area (Å²) in [5.41, 5.74) is 0. The first kappa shape index (κ1) is 39.2. The fraction of sp³-hybridized carbons (Fsp3) is 0.846. The molecule has 12 N–H and O–H groups in total. The van der Waals surface area contributed by atoms with Crippen molar-refractivity contribution in [1.82, 2.24) is 5.32 Å². The van der Waals surface area contributed by atoms with E-state index in [0.717, 1.165) is 6.92 Å². The Balaban J connectivity index is 1.55. The quantitative estimate of drug-likeness (QED) is 0.0834. The summed E-state index contributed by atoms with van der Waals surface area (Å²) < 4.78 is 37.7. The molecule has 0 saturated carbocycles. The Bertz CT molecular complexity index is 1180. The van der Waals surface area contributed by atoms with E-state index in [4.69, 9.17) is 33.2 Å².